The minimum absolute atomic E-state index is 0.0121. The highest BCUT2D eigenvalue weighted by Gasteiger charge is 2.31. The van der Waals surface area contributed by atoms with E-state index >= 15 is 0 Å². The molecule has 0 aliphatic rings. The molecule has 1 aromatic heterocycles. The van der Waals surface area contributed by atoms with Crippen molar-refractivity contribution >= 4 is 41.4 Å². The highest BCUT2D eigenvalue weighted by atomic mass is 32.2. The lowest BCUT2D eigenvalue weighted by atomic mass is 10.1. The number of benzene rings is 5. The third-order valence-corrected chi connectivity index (χ3v) is 9.65. The molecule has 6 nitrogen and oxygen atoms in total. The Balaban J connectivity index is 1.57. The molecule has 1 heterocycles. The lowest BCUT2D eigenvalue weighted by Crippen LogP contribution is -2.16. The molecular weight excluding hydrogens is 504 g/mol. The molecule has 6 aromatic rings. The van der Waals surface area contributed by atoms with E-state index in [0.717, 1.165) is 31.8 Å². The van der Waals surface area contributed by atoms with Crippen LogP contribution in [-0.2, 0) is 19.9 Å². The minimum Gasteiger partial charge on any atom is -0.218 e. The van der Waals surface area contributed by atoms with Crippen molar-refractivity contribution in [1.82, 2.24) is 9.19 Å². The maximum Gasteiger partial charge on any atom is 0.283 e. The molecule has 0 radical (unpaired) electrons. The summed E-state index contributed by atoms with van der Waals surface area (Å²) in [6.45, 7) is 0. The molecule has 0 unspecified atom stereocenters. The standard InChI is InChI=1S/C29H20N2O4S2/c32-36(33,26-16-14-21-8-4-6-12-24(21)18-26)28-20-30-31(29(28)23-10-2-1-3-11-23)37(34,35)27-17-15-22-9-5-7-13-25(22)19-27/h1-20H. The average Bonchev–Trinajstić information content (AvgIpc) is 3.40. The maximum atomic E-state index is 13.9. The van der Waals surface area contributed by atoms with Crippen LogP contribution in [0, 0.1) is 0 Å². The van der Waals surface area contributed by atoms with E-state index in [2.05, 4.69) is 5.10 Å². The van der Waals surface area contributed by atoms with Crippen LogP contribution < -0.4 is 0 Å². The van der Waals surface area contributed by atoms with Gasteiger partial charge in [0.1, 0.15) is 10.6 Å². The van der Waals surface area contributed by atoms with Crippen molar-refractivity contribution in [2.75, 3.05) is 0 Å². The molecule has 0 amide bonds. The van der Waals surface area contributed by atoms with Crippen molar-refractivity contribution in [3.05, 3.63) is 121 Å². The summed E-state index contributed by atoms with van der Waals surface area (Å²) < 4.78 is 56.2. The van der Waals surface area contributed by atoms with Crippen LogP contribution in [0.4, 0.5) is 0 Å². The summed E-state index contributed by atoms with van der Waals surface area (Å²) in [5.74, 6) is 0. The topological polar surface area (TPSA) is 86.1 Å². The first kappa shape index (κ1) is 23.1. The van der Waals surface area contributed by atoms with Gasteiger partial charge in [-0.25, -0.2) is 8.42 Å². The smallest absolute Gasteiger partial charge is 0.218 e. The number of fused-ring (bicyclic) bond motifs is 2. The van der Waals surface area contributed by atoms with Gasteiger partial charge in [0, 0.05) is 5.56 Å². The van der Waals surface area contributed by atoms with Gasteiger partial charge in [-0.3, -0.25) is 0 Å². The summed E-state index contributed by atoms with van der Waals surface area (Å²) in [6.07, 6.45) is 1.12. The Hall–Kier alpha value is -4.27. The summed E-state index contributed by atoms with van der Waals surface area (Å²) in [6, 6.07) is 33.1. The second-order valence-electron chi connectivity index (χ2n) is 8.59. The van der Waals surface area contributed by atoms with Gasteiger partial charge in [0.2, 0.25) is 9.84 Å². The minimum atomic E-state index is -4.22. The molecular formula is C29H20N2O4S2. The van der Waals surface area contributed by atoms with E-state index in [1.807, 2.05) is 48.5 Å². The second-order valence-corrected chi connectivity index (χ2v) is 12.3. The van der Waals surface area contributed by atoms with Crippen molar-refractivity contribution in [3.63, 3.8) is 0 Å². The first-order valence-electron chi connectivity index (χ1n) is 11.5. The fourth-order valence-corrected chi connectivity index (χ4v) is 7.25. The summed E-state index contributed by atoms with van der Waals surface area (Å²) in [5.41, 5.74) is 0.408. The molecule has 0 bridgehead atoms. The predicted octanol–water partition coefficient (Wildman–Crippen LogP) is 5.93. The molecule has 37 heavy (non-hydrogen) atoms. The van der Waals surface area contributed by atoms with Crippen LogP contribution in [0.1, 0.15) is 0 Å². The summed E-state index contributed by atoms with van der Waals surface area (Å²) in [5, 5.41) is 7.44. The molecule has 0 saturated carbocycles. The van der Waals surface area contributed by atoms with E-state index in [0.29, 0.717) is 5.56 Å². The van der Waals surface area contributed by atoms with Crippen LogP contribution >= 0.6 is 0 Å². The van der Waals surface area contributed by atoms with Gasteiger partial charge in [0.25, 0.3) is 10.0 Å². The third kappa shape index (κ3) is 3.91. The highest BCUT2D eigenvalue weighted by Crippen LogP contribution is 2.35. The van der Waals surface area contributed by atoms with Crippen molar-refractivity contribution in [2.45, 2.75) is 14.7 Å². The van der Waals surface area contributed by atoms with Crippen molar-refractivity contribution in [3.8, 4) is 11.3 Å². The number of aromatic nitrogens is 2. The highest BCUT2D eigenvalue weighted by molar-refractivity contribution is 7.92. The van der Waals surface area contributed by atoms with E-state index < -0.39 is 19.9 Å². The number of sulfone groups is 1. The molecule has 6 rings (SSSR count). The van der Waals surface area contributed by atoms with Crippen molar-refractivity contribution < 1.29 is 16.8 Å². The molecule has 0 saturated heterocycles. The molecule has 0 spiro atoms. The molecule has 0 aliphatic carbocycles. The maximum absolute atomic E-state index is 13.9. The van der Waals surface area contributed by atoms with E-state index in [1.54, 1.807) is 54.6 Å². The zero-order chi connectivity index (χ0) is 25.6. The van der Waals surface area contributed by atoms with Gasteiger partial charge in [-0.1, -0.05) is 91.0 Å². The molecule has 5 aromatic carbocycles. The zero-order valence-electron chi connectivity index (χ0n) is 19.4. The second kappa shape index (κ2) is 8.69. The molecule has 0 atom stereocenters. The van der Waals surface area contributed by atoms with Crippen LogP contribution in [0.2, 0.25) is 0 Å². The molecule has 182 valence electrons. The quantitative estimate of drug-likeness (QED) is 0.279. The molecule has 0 fully saturated rings. The Morgan fingerprint density at radius 1 is 0.541 bits per heavy atom. The first-order valence-corrected chi connectivity index (χ1v) is 14.4. The average molecular weight is 525 g/mol. The number of rotatable bonds is 5. The number of hydrogen-bond acceptors (Lipinski definition) is 5. The summed E-state index contributed by atoms with van der Waals surface area (Å²) in [4.78, 5) is -0.106. The largest absolute Gasteiger partial charge is 0.283 e. The zero-order valence-corrected chi connectivity index (χ0v) is 21.0. The third-order valence-electron chi connectivity index (χ3n) is 6.32. The monoisotopic (exact) mass is 524 g/mol. The SMILES string of the molecule is O=S(=O)(c1ccc2ccccc2c1)c1cnn(S(=O)(=O)c2ccc3ccccc3c2)c1-c1ccccc1. The van der Waals surface area contributed by atoms with Crippen LogP contribution in [0.25, 0.3) is 32.8 Å². The van der Waals surface area contributed by atoms with Crippen LogP contribution in [0.5, 0.6) is 0 Å². The number of nitrogens with zero attached hydrogens (tertiary/aromatic N) is 2. The van der Waals surface area contributed by atoms with E-state index in [-0.39, 0.29) is 20.4 Å². The van der Waals surface area contributed by atoms with Crippen LogP contribution in [0.3, 0.4) is 0 Å². The first-order chi connectivity index (χ1) is 17.9. The van der Waals surface area contributed by atoms with E-state index in [9.17, 15) is 16.8 Å². The Morgan fingerprint density at radius 3 is 1.68 bits per heavy atom. The van der Waals surface area contributed by atoms with Crippen LogP contribution in [0.15, 0.2) is 136 Å². The number of hydrogen-bond donors (Lipinski definition) is 0. The summed E-state index contributed by atoms with van der Waals surface area (Å²) in [7, 11) is -8.34. The van der Waals surface area contributed by atoms with Gasteiger partial charge in [-0.15, -0.1) is 0 Å². The normalized spacial score (nSPS) is 12.2. The van der Waals surface area contributed by atoms with Crippen molar-refractivity contribution in [1.29, 1.82) is 0 Å². The van der Waals surface area contributed by atoms with Gasteiger partial charge in [-0.2, -0.15) is 17.6 Å². The van der Waals surface area contributed by atoms with Crippen LogP contribution in [-0.4, -0.2) is 26.0 Å². The van der Waals surface area contributed by atoms with E-state index in [1.165, 1.54) is 12.1 Å². The molecule has 0 N–H and O–H groups in total. The van der Waals surface area contributed by atoms with Gasteiger partial charge >= 0.3 is 0 Å². The van der Waals surface area contributed by atoms with Gasteiger partial charge in [0.05, 0.1) is 16.0 Å². The lowest BCUT2D eigenvalue weighted by molar-refractivity contribution is 0.581. The molecule has 0 aliphatic heterocycles. The summed E-state index contributed by atoms with van der Waals surface area (Å²) >= 11 is 0. The van der Waals surface area contributed by atoms with Gasteiger partial charge in [-0.05, 0) is 45.8 Å². The Morgan fingerprint density at radius 2 is 1.05 bits per heavy atom. The Bertz CT molecular complexity index is 1890. The van der Waals surface area contributed by atoms with E-state index in [4.69, 9.17) is 0 Å². The lowest BCUT2D eigenvalue weighted by Gasteiger charge is -2.12. The molecule has 8 heteroatoms. The predicted molar refractivity (Wildman–Crippen MR) is 144 cm³/mol. The fourth-order valence-electron chi connectivity index (χ4n) is 4.43. The van der Waals surface area contributed by atoms with Gasteiger partial charge in [0.15, 0.2) is 0 Å². The van der Waals surface area contributed by atoms with Crippen molar-refractivity contribution in [2.24, 2.45) is 0 Å². The van der Waals surface area contributed by atoms with Gasteiger partial charge < -0.3 is 0 Å². The Kier molecular flexibility index (Phi) is 5.43. The Labute approximate surface area is 214 Å². The fraction of sp³-hybridized carbons (Fsp3) is 0.